The van der Waals surface area contributed by atoms with Gasteiger partial charge < -0.3 is 5.32 Å². The summed E-state index contributed by atoms with van der Waals surface area (Å²) < 4.78 is 0. The Morgan fingerprint density at radius 3 is 2.11 bits per heavy atom. The molecule has 0 saturated heterocycles. The maximum atomic E-state index is 3.80. The molecule has 0 aliphatic heterocycles. The lowest BCUT2D eigenvalue weighted by Gasteiger charge is -2.42. The summed E-state index contributed by atoms with van der Waals surface area (Å²) >= 11 is 0. The molecule has 1 nitrogen and oxygen atoms in total. The summed E-state index contributed by atoms with van der Waals surface area (Å²) in [6.07, 6.45) is 11.6. The van der Waals surface area contributed by atoms with E-state index in [4.69, 9.17) is 0 Å². The molecule has 0 atom stereocenters. The molecular weight excluding hydrogens is 230 g/mol. The zero-order valence-electron chi connectivity index (χ0n) is 13.7. The molecule has 19 heavy (non-hydrogen) atoms. The molecule has 0 unspecified atom stereocenters. The van der Waals surface area contributed by atoms with Gasteiger partial charge >= 0.3 is 0 Å². The Balaban J connectivity index is 1.63. The van der Waals surface area contributed by atoms with Crippen molar-refractivity contribution in [1.29, 1.82) is 0 Å². The van der Waals surface area contributed by atoms with E-state index in [0.29, 0.717) is 10.8 Å². The Kier molecular flexibility index (Phi) is 4.98. The first-order valence-electron chi connectivity index (χ1n) is 8.66. The van der Waals surface area contributed by atoms with E-state index in [2.05, 4.69) is 33.0 Å². The van der Waals surface area contributed by atoms with Crippen molar-refractivity contribution in [3.63, 3.8) is 0 Å². The third kappa shape index (κ3) is 3.97. The van der Waals surface area contributed by atoms with Gasteiger partial charge in [-0.2, -0.15) is 0 Å². The molecule has 2 aliphatic carbocycles. The highest BCUT2D eigenvalue weighted by Crippen LogP contribution is 2.43. The molecule has 2 rings (SSSR count). The summed E-state index contributed by atoms with van der Waals surface area (Å²) in [4.78, 5) is 0. The lowest BCUT2D eigenvalue weighted by atomic mass is 9.67. The quantitative estimate of drug-likeness (QED) is 0.737. The second-order valence-electron chi connectivity index (χ2n) is 8.42. The van der Waals surface area contributed by atoms with Gasteiger partial charge in [-0.3, -0.25) is 0 Å². The van der Waals surface area contributed by atoms with Crippen LogP contribution < -0.4 is 5.32 Å². The lowest BCUT2D eigenvalue weighted by molar-refractivity contribution is 0.114. The number of nitrogens with one attached hydrogen (secondary N) is 1. The largest absolute Gasteiger partial charge is 0.316 e. The van der Waals surface area contributed by atoms with E-state index in [1.165, 1.54) is 64.5 Å². The van der Waals surface area contributed by atoms with E-state index in [0.717, 1.165) is 11.8 Å². The normalized spacial score (nSPS) is 30.9. The van der Waals surface area contributed by atoms with Crippen LogP contribution in [0.15, 0.2) is 0 Å². The van der Waals surface area contributed by atoms with Crippen LogP contribution in [0.5, 0.6) is 0 Å². The van der Waals surface area contributed by atoms with E-state index in [-0.39, 0.29) is 0 Å². The van der Waals surface area contributed by atoms with Crippen LogP contribution in [0.4, 0.5) is 0 Å². The molecule has 0 heterocycles. The van der Waals surface area contributed by atoms with Gasteiger partial charge in [-0.05, 0) is 74.2 Å². The second-order valence-corrected chi connectivity index (χ2v) is 8.42. The minimum atomic E-state index is 0.524. The Morgan fingerprint density at radius 1 is 1.05 bits per heavy atom. The second kappa shape index (κ2) is 6.16. The Labute approximate surface area is 120 Å². The number of rotatable bonds is 5. The van der Waals surface area contributed by atoms with Crippen molar-refractivity contribution < 1.29 is 0 Å². The first-order valence-corrected chi connectivity index (χ1v) is 8.66. The SMILES string of the molecule is CCC1(CNCC2CCC(C(C)(C)C)CC2)CCC1. The van der Waals surface area contributed by atoms with E-state index >= 15 is 0 Å². The Hall–Kier alpha value is -0.0400. The highest BCUT2D eigenvalue weighted by Gasteiger charge is 2.35. The van der Waals surface area contributed by atoms with Gasteiger partial charge in [0.25, 0.3) is 0 Å². The van der Waals surface area contributed by atoms with Gasteiger partial charge in [-0.1, -0.05) is 34.1 Å². The zero-order valence-corrected chi connectivity index (χ0v) is 13.7. The fraction of sp³-hybridized carbons (Fsp3) is 1.00. The molecule has 0 aromatic rings. The molecular formula is C18H35N. The van der Waals surface area contributed by atoms with Gasteiger partial charge in [0.15, 0.2) is 0 Å². The molecule has 1 N–H and O–H groups in total. The summed E-state index contributed by atoms with van der Waals surface area (Å²) in [6, 6.07) is 0. The summed E-state index contributed by atoms with van der Waals surface area (Å²) in [5.41, 5.74) is 1.21. The van der Waals surface area contributed by atoms with Crippen molar-refractivity contribution in [3.05, 3.63) is 0 Å². The maximum absolute atomic E-state index is 3.80. The topological polar surface area (TPSA) is 12.0 Å². The highest BCUT2D eigenvalue weighted by atomic mass is 14.9. The molecule has 0 spiro atoms. The highest BCUT2D eigenvalue weighted by molar-refractivity contribution is 4.89. The average Bonchev–Trinajstić information content (AvgIpc) is 2.32. The van der Waals surface area contributed by atoms with Crippen LogP contribution >= 0.6 is 0 Å². The molecule has 0 radical (unpaired) electrons. The first-order chi connectivity index (χ1) is 8.95. The number of hydrogen-bond donors (Lipinski definition) is 1. The van der Waals surface area contributed by atoms with Crippen molar-refractivity contribution in [2.75, 3.05) is 13.1 Å². The summed E-state index contributed by atoms with van der Waals surface area (Å²) in [5.74, 6) is 1.91. The fourth-order valence-corrected chi connectivity index (χ4v) is 4.11. The molecule has 2 fully saturated rings. The van der Waals surface area contributed by atoms with Gasteiger partial charge in [-0.15, -0.1) is 0 Å². The molecule has 0 amide bonds. The van der Waals surface area contributed by atoms with Crippen molar-refractivity contribution in [3.8, 4) is 0 Å². The summed E-state index contributed by atoms with van der Waals surface area (Å²) in [7, 11) is 0. The zero-order chi connectivity index (χ0) is 13.9. The first kappa shape index (κ1) is 15.4. The standard InChI is InChI=1S/C18H35N/c1-5-18(11-6-12-18)14-19-13-15-7-9-16(10-8-15)17(2,3)4/h15-16,19H,5-14H2,1-4H3. The van der Waals surface area contributed by atoms with Crippen molar-refractivity contribution in [2.45, 2.75) is 79.1 Å². The van der Waals surface area contributed by atoms with Crippen LogP contribution in [-0.4, -0.2) is 13.1 Å². The Bertz CT molecular complexity index is 258. The molecule has 2 aliphatic rings. The van der Waals surface area contributed by atoms with E-state index in [1.54, 1.807) is 0 Å². The van der Waals surface area contributed by atoms with Crippen molar-refractivity contribution in [2.24, 2.45) is 22.7 Å². The van der Waals surface area contributed by atoms with Crippen LogP contribution in [0.1, 0.15) is 79.1 Å². The molecule has 112 valence electrons. The van der Waals surface area contributed by atoms with Crippen molar-refractivity contribution >= 4 is 0 Å². The van der Waals surface area contributed by atoms with Crippen LogP contribution in [-0.2, 0) is 0 Å². The Morgan fingerprint density at radius 2 is 1.68 bits per heavy atom. The summed E-state index contributed by atoms with van der Waals surface area (Å²) in [5, 5.41) is 3.80. The molecule has 2 saturated carbocycles. The van der Waals surface area contributed by atoms with E-state index < -0.39 is 0 Å². The van der Waals surface area contributed by atoms with Gasteiger partial charge in [0.2, 0.25) is 0 Å². The van der Waals surface area contributed by atoms with Crippen LogP contribution in [0.2, 0.25) is 0 Å². The average molecular weight is 265 g/mol. The van der Waals surface area contributed by atoms with Gasteiger partial charge in [0, 0.05) is 6.54 Å². The molecule has 0 aromatic heterocycles. The van der Waals surface area contributed by atoms with Gasteiger partial charge in [0.1, 0.15) is 0 Å². The third-order valence-corrected chi connectivity index (χ3v) is 6.17. The third-order valence-electron chi connectivity index (χ3n) is 6.17. The maximum Gasteiger partial charge on any atom is 0.000782 e. The van der Waals surface area contributed by atoms with Crippen molar-refractivity contribution in [1.82, 2.24) is 5.32 Å². The monoisotopic (exact) mass is 265 g/mol. The fourth-order valence-electron chi connectivity index (χ4n) is 4.11. The number of hydrogen-bond acceptors (Lipinski definition) is 1. The smallest absolute Gasteiger partial charge is 0.000782 e. The predicted octanol–water partition coefficient (Wildman–Crippen LogP) is 5.01. The van der Waals surface area contributed by atoms with Crippen LogP contribution in [0.3, 0.4) is 0 Å². The molecule has 0 bridgehead atoms. The van der Waals surface area contributed by atoms with Gasteiger partial charge in [0.05, 0.1) is 0 Å². The lowest BCUT2D eigenvalue weighted by Crippen LogP contribution is -2.41. The molecule has 0 aromatic carbocycles. The van der Waals surface area contributed by atoms with E-state index in [1.807, 2.05) is 0 Å². The summed E-state index contributed by atoms with van der Waals surface area (Å²) in [6.45, 7) is 12.2. The predicted molar refractivity (Wildman–Crippen MR) is 84.3 cm³/mol. The van der Waals surface area contributed by atoms with E-state index in [9.17, 15) is 0 Å². The minimum Gasteiger partial charge on any atom is -0.316 e. The van der Waals surface area contributed by atoms with Crippen LogP contribution in [0.25, 0.3) is 0 Å². The van der Waals surface area contributed by atoms with Crippen LogP contribution in [0, 0.1) is 22.7 Å². The minimum absolute atomic E-state index is 0.524. The molecule has 1 heteroatoms. The van der Waals surface area contributed by atoms with Gasteiger partial charge in [-0.25, -0.2) is 0 Å².